The highest BCUT2D eigenvalue weighted by molar-refractivity contribution is 6.33. The molecule has 0 atom stereocenters. The van der Waals surface area contributed by atoms with Crippen LogP contribution >= 0.6 is 11.6 Å². The van der Waals surface area contributed by atoms with Gasteiger partial charge in [-0.05, 0) is 30.7 Å². The van der Waals surface area contributed by atoms with Crippen LogP contribution < -0.4 is 10.6 Å². The first kappa shape index (κ1) is 16.3. The number of rotatable bonds is 7. The quantitative estimate of drug-likeness (QED) is 0.744. The zero-order valence-electron chi connectivity index (χ0n) is 12.6. The second kappa shape index (κ2) is 8.39. The van der Waals surface area contributed by atoms with Crippen LogP contribution in [0.1, 0.15) is 36.7 Å². The molecule has 5 heteroatoms. The van der Waals surface area contributed by atoms with E-state index < -0.39 is 0 Å². The van der Waals surface area contributed by atoms with Gasteiger partial charge in [0, 0.05) is 6.54 Å². The van der Waals surface area contributed by atoms with E-state index in [9.17, 15) is 4.79 Å². The van der Waals surface area contributed by atoms with E-state index in [2.05, 4.69) is 22.5 Å². The maximum absolute atomic E-state index is 11.9. The molecule has 0 aliphatic carbocycles. The van der Waals surface area contributed by atoms with Gasteiger partial charge in [-0.3, -0.25) is 4.79 Å². The number of benzene rings is 1. The molecule has 2 N–H and O–H groups in total. The highest BCUT2D eigenvalue weighted by atomic mass is 35.5. The smallest absolute Gasteiger partial charge is 0.269 e. The van der Waals surface area contributed by atoms with Gasteiger partial charge in [-0.15, -0.1) is 0 Å². The van der Waals surface area contributed by atoms with Crippen molar-refractivity contribution in [3.05, 3.63) is 53.3 Å². The summed E-state index contributed by atoms with van der Waals surface area (Å²) in [5.74, 6) is -0.139. The van der Waals surface area contributed by atoms with E-state index in [-0.39, 0.29) is 5.91 Å². The predicted molar refractivity (Wildman–Crippen MR) is 90.8 cm³/mol. The fourth-order valence-corrected chi connectivity index (χ4v) is 2.17. The van der Waals surface area contributed by atoms with Crippen LogP contribution in [-0.2, 0) is 0 Å². The first-order valence-electron chi connectivity index (χ1n) is 7.46. The number of carbonyl (C=O) groups is 1. The summed E-state index contributed by atoms with van der Waals surface area (Å²) < 4.78 is 0. The highest BCUT2D eigenvalue weighted by Crippen LogP contribution is 2.24. The topological polar surface area (TPSA) is 54.0 Å². The Bertz CT molecular complexity index is 614. The first-order valence-corrected chi connectivity index (χ1v) is 7.84. The Balaban J connectivity index is 1.92. The Hall–Kier alpha value is -2.07. The maximum Gasteiger partial charge on any atom is 0.269 e. The molecule has 0 radical (unpaired) electrons. The number of hydrogen-bond donors (Lipinski definition) is 2. The van der Waals surface area contributed by atoms with E-state index in [1.807, 2.05) is 30.3 Å². The summed E-state index contributed by atoms with van der Waals surface area (Å²) in [7, 11) is 0. The Morgan fingerprint density at radius 3 is 2.68 bits per heavy atom. The van der Waals surface area contributed by atoms with Crippen molar-refractivity contribution in [1.29, 1.82) is 0 Å². The van der Waals surface area contributed by atoms with Crippen molar-refractivity contribution in [3.63, 3.8) is 0 Å². The van der Waals surface area contributed by atoms with Gasteiger partial charge in [-0.1, -0.05) is 43.5 Å². The number of carbonyl (C=O) groups excluding carboxylic acids is 1. The summed E-state index contributed by atoms with van der Waals surface area (Å²) in [5, 5.41) is 6.68. The molecule has 1 aromatic heterocycles. The molecule has 1 heterocycles. The number of nitrogens with zero attached hydrogens (tertiary/aromatic N) is 1. The molecule has 2 aromatic rings. The standard InChI is InChI=1S/C17H20ClN3O/c1-2-3-6-11-19-17(22)16-10-9-13(12-20-16)21-15-8-5-4-7-14(15)18/h4-5,7-10,12,21H,2-3,6,11H2,1H3,(H,19,22). The predicted octanol–water partition coefficient (Wildman–Crippen LogP) is 4.40. The van der Waals surface area contributed by atoms with Crippen molar-refractivity contribution in [2.45, 2.75) is 26.2 Å². The summed E-state index contributed by atoms with van der Waals surface area (Å²) in [5.41, 5.74) is 2.01. The SMILES string of the molecule is CCCCCNC(=O)c1ccc(Nc2ccccc2Cl)cn1. The third-order valence-corrected chi connectivity index (χ3v) is 3.54. The fraction of sp³-hybridized carbons (Fsp3) is 0.294. The number of para-hydroxylation sites is 1. The molecule has 0 unspecified atom stereocenters. The molecule has 1 amide bonds. The third-order valence-electron chi connectivity index (χ3n) is 3.21. The number of anilines is 2. The maximum atomic E-state index is 11.9. The van der Waals surface area contributed by atoms with Gasteiger partial charge >= 0.3 is 0 Å². The Morgan fingerprint density at radius 1 is 1.18 bits per heavy atom. The van der Waals surface area contributed by atoms with Gasteiger partial charge in [-0.25, -0.2) is 4.98 Å². The second-order valence-corrected chi connectivity index (χ2v) is 5.41. The molecule has 1 aromatic carbocycles. The molecule has 0 fully saturated rings. The summed E-state index contributed by atoms with van der Waals surface area (Å²) in [6.07, 6.45) is 4.88. The molecule has 116 valence electrons. The minimum atomic E-state index is -0.139. The van der Waals surface area contributed by atoms with Gasteiger partial charge in [0.15, 0.2) is 0 Å². The van der Waals surface area contributed by atoms with Crippen LogP contribution in [0.25, 0.3) is 0 Å². The molecular weight excluding hydrogens is 298 g/mol. The molecular formula is C17H20ClN3O. The largest absolute Gasteiger partial charge is 0.353 e. The lowest BCUT2D eigenvalue weighted by Gasteiger charge is -2.08. The third kappa shape index (κ3) is 4.74. The van der Waals surface area contributed by atoms with Gasteiger partial charge in [0.05, 0.1) is 22.6 Å². The number of amides is 1. The minimum absolute atomic E-state index is 0.139. The minimum Gasteiger partial charge on any atom is -0.353 e. The van der Waals surface area contributed by atoms with E-state index in [1.165, 1.54) is 0 Å². The van der Waals surface area contributed by atoms with Crippen LogP contribution in [0.4, 0.5) is 11.4 Å². The summed E-state index contributed by atoms with van der Waals surface area (Å²) in [4.78, 5) is 16.1. The van der Waals surface area contributed by atoms with Crippen molar-refractivity contribution in [1.82, 2.24) is 10.3 Å². The molecule has 4 nitrogen and oxygen atoms in total. The Kier molecular flexibility index (Phi) is 6.22. The van der Waals surface area contributed by atoms with Crippen LogP contribution in [0.3, 0.4) is 0 Å². The average Bonchev–Trinajstić information content (AvgIpc) is 2.54. The second-order valence-electron chi connectivity index (χ2n) is 5.00. The normalized spacial score (nSPS) is 10.3. The molecule has 0 aliphatic heterocycles. The lowest BCUT2D eigenvalue weighted by atomic mass is 10.2. The van der Waals surface area contributed by atoms with Crippen molar-refractivity contribution < 1.29 is 4.79 Å². The van der Waals surface area contributed by atoms with Gasteiger partial charge in [0.25, 0.3) is 5.91 Å². The zero-order valence-corrected chi connectivity index (χ0v) is 13.4. The van der Waals surface area contributed by atoms with Crippen LogP contribution in [0, 0.1) is 0 Å². The van der Waals surface area contributed by atoms with Crippen LogP contribution in [0.15, 0.2) is 42.6 Å². The number of halogens is 1. The monoisotopic (exact) mass is 317 g/mol. The van der Waals surface area contributed by atoms with Crippen molar-refractivity contribution in [2.24, 2.45) is 0 Å². The lowest BCUT2D eigenvalue weighted by Crippen LogP contribution is -2.25. The van der Waals surface area contributed by atoms with E-state index in [1.54, 1.807) is 12.3 Å². The molecule has 0 saturated carbocycles. The number of hydrogen-bond acceptors (Lipinski definition) is 3. The molecule has 0 spiro atoms. The van der Waals surface area contributed by atoms with Crippen LogP contribution in [0.2, 0.25) is 5.02 Å². The fourth-order valence-electron chi connectivity index (χ4n) is 1.99. The van der Waals surface area contributed by atoms with E-state index in [0.717, 1.165) is 30.6 Å². The average molecular weight is 318 g/mol. The summed E-state index contributed by atoms with van der Waals surface area (Å²) >= 11 is 6.09. The number of aromatic nitrogens is 1. The Morgan fingerprint density at radius 2 is 2.00 bits per heavy atom. The molecule has 0 saturated heterocycles. The lowest BCUT2D eigenvalue weighted by molar-refractivity contribution is 0.0948. The zero-order chi connectivity index (χ0) is 15.8. The van der Waals surface area contributed by atoms with Gasteiger partial charge in [0.1, 0.15) is 5.69 Å². The number of pyridine rings is 1. The van der Waals surface area contributed by atoms with Crippen molar-refractivity contribution >= 4 is 28.9 Å². The Labute approximate surface area is 135 Å². The first-order chi connectivity index (χ1) is 10.7. The van der Waals surface area contributed by atoms with Crippen LogP contribution in [0.5, 0.6) is 0 Å². The molecule has 0 aliphatic rings. The van der Waals surface area contributed by atoms with Crippen molar-refractivity contribution in [2.75, 3.05) is 11.9 Å². The van der Waals surface area contributed by atoms with Gasteiger partial charge in [-0.2, -0.15) is 0 Å². The molecule has 0 bridgehead atoms. The highest BCUT2D eigenvalue weighted by Gasteiger charge is 2.06. The summed E-state index contributed by atoms with van der Waals surface area (Å²) in [6.45, 7) is 2.82. The number of nitrogens with one attached hydrogen (secondary N) is 2. The van der Waals surface area contributed by atoms with Gasteiger partial charge in [0.2, 0.25) is 0 Å². The molecule has 22 heavy (non-hydrogen) atoms. The van der Waals surface area contributed by atoms with E-state index in [0.29, 0.717) is 17.3 Å². The van der Waals surface area contributed by atoms with E-state index >= 15 is 0 Å². The van der Waals surface area contributed by atoms with E-state index in [4.69, 9.17) is 11.6 Å². The molecule has 2 rings (SSSR count). The number of unbranched alkanes of at least 4 members (excludes halogenated alkanes) is 2. The van der Waals surface area contributed by atoms with Crippen LogP contribution in [-0.4, -0.2) is 17.4 Å². The van der Waals surface area contributed by atoms with Crippen molar-refractivity contribution in [3.8, 4) is 0 Å². The summed E-state index contributed by atoms with van der Waals surface area (Å²) in [6, 6.07) is 11.0. The van der Waals surface area contributed by atoms with Gasteiger partial charge < -0.3 is 10.6 Å².